The minimum Gasteiger partial charge on any atom is -0.351 e. The van der Waals surface area contributed by atoms with Crippen LogP contribution >= 0.6 is 0 Å². The van der Waals surface area contributed by atoms with Gasteiger partial charge in [0, 0.05) is 17.6 Å². The number of aromatic nitrogens is 2. The third-order valence-corrected chi connectivity index (χ3v) is 4.42. The molecule has 3 atom stereocenters. The van der Waals surface area contributed by atoms with Crippen molar-refractivity contribution in [2.45, 2.75) is 39.2 Å². The summed E-state index contributed by atoms with van der Waals surface area (Å²) in [5.74, 6) is 2.40. The maximum atomic E-state index is 4.59. The fourth-order valence-electron chi connectivity index (χ4n) is 2.90. The number of para-hydroxylation sites is 1. The maximum Gasteiger partial charge on any atom is 0.223 e. The minimum absolute atomic E-state index is 0.521. The van der Waals surface area contributed by atoms with Crippen molar-refractivity contribution in [3.63, 3.8) is 0 Å². The van der Waals surface area contributed by atoms with Crippen molar-refractivity contribution in [2.75, 3.05) is 5.32 Å². The first-order valence-electron chi connectivity index (χ1n) is 7.20. The van der Waals surface area contributed by atoms with Crippen LogP contribution in [0.25, 0.3) is 10.9 Å². The summed E-state index contributed by atoms with van der Waals surface area (Å²) in [4.78, 5) is 9.01. The lowest BCUT2D eigenvalue weighted by molar-refractivity contribution is 0.260. The summed E-state index contributed by atoms with van der Waals surface area (Å²) in [5, 5.41) is 4.60. The van der Waals surface area contributed by atoms with Gasteiger partial charge in [-0.05, 0) is 37.2 Å². The summed E-state index contributed by atoms with van der Waals surface area (Å²) in [5.41, 5.74) is 1.01. The van der Waals surface area contributed by atoms with E-state index in [-0.39, 0.29) is 0 Å². The lowest BCUT2D eigenvalue weighted by Gasteiger charge is -2.32. The van der Waals surface area contributed by atoms with Gasteiger partial charge in [0.2, 0.25) is 5.95 Å². The molecular formula is C16H21N3. The van der Waals surface area contributed by atoms with Crippen LogP contribution in [0.1, 0.15) is 33.1 Å². The third-order valence-electron chi connectivity index (χ3n) is 4.42. The second kappa shape index (κ2) is 5.16. The standard InChI is InChI=1S/C16H21N3/c1-11-7-8-14(9-12(11)2)18-16-17-10-13-5-3-4-6-15(13)19-16/h3-6,10-12,14H,7-9H2,1-2H3,(H,17,18,19). The predicted molar refractivity (Wildman–Crippen MR) is 79.1 cm³/mol. The number of fused-ring (bicyclic) bond motifs is 1. The molecule has 1 saturated carbocycles. The van der Waals surface area contributed by atoms with Crippen molar-refractivity contribution >= 4 is 16.9 Å². The van der Waals surface area contributed by atoms with E-state index in [9.17, 15) is 0 Å². The zero-order valence-corrected chi connectivity index (χ0v) is 11.6. The van der Waals surface area contributed by atoms with E-state index in [0.717, 1.165) is 28.7 Å². The highest BCUT2D eigenvalue weighted by Gasteiger charge is 2.24. The Balaban J connectivity index is 1.74. The van der Waals surface area contributed by atoms with Gasteiger partial charge in [-0.2, -0.15) is 0 Å². The van der Waals surface area contributed by atoms with Crippen LogP contribution in [0.4, 0.5) is 5.95 Å². The number of nitrogens with one attached hydrogen (secondary N) is 1. The number of anilines is 1. The molecule has 3 rings (SSSR count). The number of hydrogen-bond acceptors (Lipinski definition) is 3. The second-order valence-corrected chi connectivity index (χ2v) is 5.86. The van der Waals surface area contributed by atoms with Gasteiger partial charge >= 0.3 is 0 Å². The summed E-state index contributed by atoms with van der Waals surface area (Å²) < 4.78 is 0. The van der Waals surface area contributed by atoms with Gasteiger partial charge < -0.3 is 5.32 Å². The molecule has 1 aliphatic carbocycles. The van der Waals surface area contributed by atoms with E-state index >= 15 is 0 Å². The first-order valence-corrected chi connectivity index (χ1v) is 7.20. The number of nitrogens with zero attached hydrogens (tertiary/aromatic N) is 2. The molecule has 0 spiro atoms. The molecular weight excluding hydrogens is 234 g/mol. The number of benzene rings is 1. The van der Waals surface area contributed by atoms with Crippen molar-refractivity contribution in [3.05, 3.63) is 30.5 Å². The molecule has 0 amide bonds. The number of rotatable bonds is 2. The Kier molecular flexibility index (Phi) is 3.36. The van der Waals surface area contributed by atoms with Crippen LogP contribution in [0.2, 0.25) is 0 Å². The molecule has 0 bridgehead atoms. The summed E-state index contributed by atoms with van der Waals surface area (Å²) in [7, 11) is 0. The molecule has 1 aliphatic rings. The Morgan fingerprint density at radius 2 is 1.95 bits per heavy atom. The van der Waals surface area contributed by atoms with Crippen LogP contribution in [0, 0.1) is 11.8 Å². The Morgan fingerprint density at radius 3 is 2.79 bits per heavy atom. The number of hydrogen-bond donors (Lipinski definition) is 1. The van der Waals surface area contributed by atoms with Crippen LogP contribution < -0.4 is 5.32 Å². The Morgan fingerprint density at radius 1 is 1.11 bits per heavy atom. The Hall–Kier alpha value is -1.64. The van der Waals surface area contributed by atoms with Gasteiger partial charge in [-0.15, -0.1) is 0 Å². The zero-order chi connectivity index (χ0) is 13.2. The fourth-order valence-corrected chi connectivity index (χ4v) is 2.90. The zero-order valence-electron chi connectivity index (χ0n) is 11.6. The van der Waals surface area contributed by atoms with E-state index in [2.05, 4.69) is 29.1 Å². The van der Waals surface area contributed by atoms with Gasteiger partial charge in [0.25, 0.3) is 0 Å². The normalized spacial score (nSPS) is 27.4. The largest absolute Gasteiger partial charge is 0.351 e. The SMILES string of the molecule is CC1CCC(Nc2ncc3ccccc3n2)CC1C. The monoisotopic (exact) mass is 255 g/mol. The molecule has 19 heavy (non-hydrogen) atoms. The molecule has 0 saturated heterocycles. The van der Waals surface area contributed by atoms with E-state index < -0.39 is 0 Å². The van der Waals surface area contributed by atoms with Crippen LogP contribution in [0.5, 0.6) is 0 Å². The first kappa shape index (κ1) is 12.4. The third kappa shape index (κ3) is 2.70. The summed E-state index contributed by atoms with van der Waals surface area (Å²) in [6.45, 7) is 4.70. The van der Waals surface area contributed by atoms with E-state index in [1.54, 1.807) is 0 Å². The minimum atomic E-state index is 0.521. The van der Waals surface area contributed by atoms with Gasteiger partial charge in [-0.1, -0.05) is 32.0 Å². The van der Waals surface area contributed by atoms with Crippen LogP contribution in [-0.4, -0.2) is 16.0 Å². The molecule has 1 heterocycles. The highest BCUT2D eigenvalue weighted by molar-refractivity contribution is 5.78. The highest BCUT2D eigenvalue weighted by atomic mass is 15.1. The summed E-state index contributed by atoms with van der Waals surface area (Å²) in [6.07, 6.45) is 5.64. The second-order valence-electron chi connectivity index (χ2n) is 5.86. The molecule has 0 aliphatic heterocycles. The van der Waals surface area contributed by atoms with Gasteiger partial charge in [0.1, 0.15) is 0 Å². The van der Waals surface area contributed by atoms with Crippen molar-refractivity contribution in [1.29, 1.82) is 0 Å². The molecule has 0 radical (unpaired) electrons. The molecule has 1 aromatic carbocycles. The summed E-state index contributed by atoms with van der Waals surface area (Å²) >= 11 is 0. The predicted octanol–water partition coefficient (Wildman–Crippen LogP) is 3.87. The van der Waals surface area contributed by atoms with Gasteiger partial charge in [0.15, 0.2) is 0 Å². The molecule has 3 nitrogen and oxygen atoms in total. The average Bonchev–Trinajstić information content (AvgIpc) is 2.43. The van der Waals surface area contributed by atoms with Crippen molar-refractivity contribution in [3.8, 4) is 0 Å². The fraction of sp³-hybridized carbons (Fsp3) is 0.500. The van der Waals surface area contributed by atoms with Gasteiger partial charge in [-0.3, -0.25) is 0 Å². The van der Waals surface area contributed by atoms with Crippen LogP contribution in [0.3, 0.4) is 0 Å². The molecule has 1 N–H and O–H groups in total. The highest BCUT2D eigenvalue weighted by Crippen LogP contribution is 2.30. The molecule has 100 valence electrons. The lowest BCUT2D eigenvalue weighted by Crippen LogP contribution is -2.30. The quantitative estimate of drug-likeness (QED) is 0.885. The maximum absolute atomic E-state index is 4.59. The Bertz CT molecular complexity index is 567. The van der Waals surface area contributed by atoms with E-state index in [4.69, 9.17) is 0 Å². The van der Waals surface area contributed by atoms with Crippen LogP contribution in [0.15, 0.2) is 30.5 Å². The van der Waals surface area contributed by atoms with Crippen LogP contribution in [-0.2, 0) is 0 Å². The smallest absolute Gasteiger partial charge is 0.223 e. The van der Waals surface area contributed by atoms with Gasteiger partial charge in [0.05, 0.1) is 5.52 Å². The summed E-state index contributed by atoms with van der Waals surface area (Å²) in [6, 6.07) is 8.64. The molecule has 3 unspecified atom stereocenters. The molecule has 2 aromatic rings. The van der Waals surface area contributed by atoms with E-state index in [1.165, 1.54) is 19.3 Å². The topological polar surface area (TPSA) is 37.8 Å². The Labute approximate surface area is 114 Å². The van der Waals surface area contributed by atoms with Gasteiger partial charge in [-0.25, -0.2) is 9.97 Å². The van der Waals surface area contributed by atoms with Crippen molar-refractivity contribution in [2.24, 2.45) is 11.8 Å². The average molecular weight is 255 g/mol. The molecule has 1 fully saturated rings. The first-order chi connectivity index (χ1) is 9.22. The van der Waals surface area contributed by atoms with Crippen molar-refractivity contribution < 1.29 is 0 Å². The van der Waals surface area contributed by atoms with E-state index in [1.807, 2.05) is 30.5 Å². The lowest BCUT2D eigenvalue weighted by atomic mass is 9.79. The molecule has 1 aromatic heterocycles. The molecule has 3 heteroatoms. The van der Waals surface area contributed by atoms with Crippen molar-refractivity contribution in [1.82, 2.24) is 9.97 Å². The van der Waals surface area contributed by atoms with E-state index in [0.29, 0.717) is 6.04 Å².